The van der Waals surface area contributed by atoms with Gasteiger partial charge in [-0.15, -0.1) is 0 Å². The number of ether oxygens (including phenoxy) is 1. The van der Waals surface area contributed by atoms with E-state index in [1.807, 2.05) is 63.4 Å². The van der Waals surface area contributed by atoms with Gasteiger partial charge in [0.05, 0.1) is 30.7 Å². The number of anilines is 3. The molecular weight excluding hydrogens is 352 g/mol. The van der Waals surface area contributed by atoms with Crippen LogP contribution in [0, 0.1) is 20.8 Å². The molecule has 0 saturated carbocycles. The molecule has 144 valence electrons. The Bertz CT molecular complexity index is 939. The van der Waals surface area contributed by atoms with Gasteiger partial charge in [-0.3, -0.25) is 4.98 Å². The first-order valence-corrected chi connectivity index (χ1v) is 9.42. The molecule has 1 fully saturated rings. The van der Waals surface area contributed by atoms with Gasteiger partial charge in [-0.1, -0.05) is 6.07 Å². The molecule has 0 amide bonds. The molecule has 7 nitrogen and oxygen atoms in total. The quantitative estimate of drug-likeness (QED) is 0.747. The van der Waals surface area contributed by atoms with Crippen molar-refractivity contribution in [2.75, 3.05) is 29.9 Å². The van der Waals surface area contributed by atoms with Crippen LogP contribution in [-0.4, -0.2) is 39.6 Å². The summed E-state index contributed by atoms with van der Waals surface area (Å²) < 4.78 is 5.96. The Kier molecular flexibility index (Phi) is 5.16. The van der Waals surface area contributed by atoms with E-state index in [9.17, 15) is 0 Å². The fourth-order valence-electron chi connectivity index (χ4n) is 3.29. The topological polar surface area (TPSA) is 76.1 Å². The number of morpholine rings is 1. The summed E-state index contributed by atoms with van der Waals surface area (Å²) in [7, 11) is 0. The van der Waals surface area contributed by atoms with E-state index in [0.717, 1.165) is 46.8 Å². The first kappa shape index (κ1) is 18.3. The van der Waals surface area contributed by atoms with Crippen LogP contribution in [-0.2, 0) is 4.74 Å². The first-order valence-electron chi connectivity index (χ1n) is 9.42. The van der Waals surface area contributed by atoms with Crippen LogP contribution in [0.15, 0.2) is 42.6 Å². The Hall–Kier alpha value is -3.06. The van der Waals surface area contributed by atoms with Gasteiger partial charge in [0.1, 0.15) is 11.9 Å². The SMILES string of the molecule is Cc1cccc(Nc2ccc([C@H]3CN(c4nc(C)cc(C)n4)CCO3)nc2)n1. The fourth-order valence-corrected chi connectivity index (χ4v) is 3.29. The molecule has 1 atom stereocenters. The molecule has 0 spiro atoms. The highest BCUT2D eigenvalue weighted by Gasteiger charge is 2.25. The van der Waals surface area contributed by atoms with Gasteiger partial charge in [-0.05, 0) is 51.1 Å². The fraction of sp³-hybridized carbons (Fsp3) is 0.333. The third-order valence-electron chi connectivity index (χ3n) is 4.60. The van der Waals surface area contributed by atoms with Crippen molar-refractivity contribution in [3.05, 3.63) is 65.4 Å². The van der Waals surface area contributed by atoms with Gasteiger partial charge >= 0.3 is 0 Å². The van der Waals surface area contributed by atoms with Crippen molar-refractivity contribution in [2.24, 2.45) is 0 Å². The summed E-state index contributed by atoms with van der Waals surface area (Å²) in [6.07, 6.45) is 1.71. The highest BCUT2D eigenvalue weighted by molar-refractivity contribution is 5.55. The molecule has 4 heterocycles. The zero-order chi connectivity index (χ0) is 19.5. The lowest BCUT2D eigenvalue weighted by molar-refractivity contribution is 0.0365. The lowest BCUT2D eigenvalue weighted by Gasteiger charge is -2.32. The molecule has 1 saturated heterocycles. The van der Waals surface area contributed by atoms with Crippen LogP contribution in [0.3, 0.4) is 0 Å². The van der Waals surface area contributed by atoms with E-state index in [4.69, 9.17) is 4.74 Å². The largest absolute Gasteiger partial charge is 0.368 e. The lowest BCUT2D eigenvalue weighted by Crippen LogP contribution is -2.39. The van der Waals surface area contributed by atoms with E-state index in [1.165, 1.54) is 0 Å². The van der Waals surface area contributed by atoms with Gasteiger partial charge in [0.2, 0.25) is 5.95 Å². The average Bonchev–Trinajstić information content (AvgIpc) is 2.68. The summed E-state index contributed by atoms with van der Waals surface area (Å²) in [5, 5.41) is 3.28. The lowest BCUT2D eigenvalue weighted by atomic mass is 10.2. The second kappa shape index (κ2) is 7.90. The van der Waals surface area contributed by atoms with Crippen LogP contribution in [0.5, 0.6) is 0 Å². The van der Waals surface area contributed by atoms with Crippen LogP contribution in [0.1, 0.15) is 28.9 Å². The number of hydrogen-bond acceptors (Lipinski definition) is 7. The summed E-state index contributed by atoms with van der Waals surface area (Å²) in [5.41, 5.74) is 4.72. The van der Waals surface area contributed by atoms with Crippen LogP contribution in [0.4, 0.5) is 17.5 Å². The summed E-state index contributed by atoms with van der Waals surface area (Å²) in [6, 6.07) is 11.9. The molecule has 1 N–H and O–H groups in total. The minimum absolute atomic E-state index is 0.107. The van der Waals surface area contributed by atoms with Crippen molar-refractivity contribution < 1.29 is 4.74 Å². The molecule has 0 radical (unpaired) electrons. The monoisotopic (exact) mass is 376 g/mol. The molecule has 0 aliphatic carbocycles. The predicted molar refractivity (Wildman–Crippen MR) is 109 cm³/mol. The molecule has 1 aliphatic heterocycles. The van der Waals surface area contributed by atoms with Crippen LogP contribution in [0.25, 0.3) is 0 Å². The standard InChI is InChI=1S/C21H24N6O/c1-14-5-4-6-20(23-14)26-17-7-8-18(22-12-17)19-13-27(9-10-28-19)21-24-15(2)11-16(3)25-21/h4-8,11-12,19H,9-10,13H2,1-3H3,(H,23,26)/t19-/m1/s1. The van der Waals surface area contributed by atoms with Gasteiger partial charge in [-0.25, -0.2) is 15.0 Å². The first-order chi connectivity index (χ1) is 13.6. The van der Waals surface area contributed by atoms with Gasteiger partial charge in [0.15, 0.2) is 0 Å². The number of rotatable bonds is 4. The van der Waals surface area contributed by atoms with E-state index in [0.29, 0.717) is 13.2 Å². The Balaban J connectivity index is 1.46. The molecule has 3 aromatic heterocycles. The number of nitrogens with zero attached hydrogens (tertiary/aromatic N) is 5. The number of aromatic nitrogens is 4. The van der Waals surface area contributed by atoms with Gasteiger partial charge in [0.25, 0.3) is 0 Å². The maximum absolute atomic E-state index is 5.96. The van der Waals surface area contributed by atoms with Crippen LogP contribution < -0.4 is 10.2 Å². The van der Waals surface area contributed by atoms with E-state index < -0.39 is 0 Å². The van der Waals surface area contributed by atoms with Crippen molar-refractivity contribution in [1.29, 1.82) is 0 Å². The number of aryl methyl sites for hydroxylation is 3. The average molecular weight is 376 g/mol. The third-order valence-corrected chi connectivity index (χ3v) is 4.60. The zero-order valence-corrected chi connectivity index (χ0v) is 16.4. The third kappa shape index (κ3) is 4.26. The minimum atomic E-state index is -0.107. The van der Waals surface area contributed by atoms with Gasteiger partial charge < -0.3 is 15.0 Å². The minimum Gasteiger partial charge on any atom is -0.368 e. The van der Waals surface area contributed by atoms with E-state index >= 15 is 0 Å². The van der Waals surface area contributed by atoms with Crippen LogP contribution in [0.2, 0.25) is 0 Å². The second-order valence-corrected chi connectivity index (χ2v) is 7.02. The molecule has 4 rings (SSSR count). The maximum atomic E-state index is 5.96. The Morgan fingerprint density at radius 2 is 1.82 bits per heavy atom. The zero-order valence-electron chi connectivity index (χ0n) is 16.4. The van der Waals surface area contributed by atoms with E-state index in [1.54, 1.807) is 0 Å². The molecule has 0 unspecified atom stereocenters. The normalized spacial score (nSPS) is 16.8. The Labute approximate surface area is 164 Å². The summed E-state index contributed by atoms with van der Waals surface area (Å²) in [6.45, 7) is 8.03. The summed E-state index contributed by atoms with van der Waals surface area (Å²) >= 11 is 0. The Morgan fingerprint density at radius 1 is 1.00 bits per heavy atom. The summed E-state index contributed by atoms with van der Waals surface area (Å²) in [5.74, 6) is 1.57. The molecule has 7 heteroatoms. The molecule has 1 aliphatic rings. The van der Waals surface area contributed by atoms with E-state index in [-0.39, 0.29) is 6.10 Å². The highest BCUT2D eigenvalue weighted by Crippen LogP contribution is 2.24. The predicted octanol–water partition coefficient (Wildman–Crippen LogP) is 3.51. The van der Waals surface area contributed by atoms with Crippen LogP contribution >= 0.6 is 0 Å². The van der Waals surface area contributed by atoms with Crippen molar-refractivity contribution in [3.63, 3.8) is 0 Å². The number of hydrogen-bond donors (Lipinski definition) is 1. The number of nitrogens with one attached hydrogen (secondary N) is 1. The number of pyridine rings is 2. The van der Waals surface area contributed by atoms with Gasteiger partial charge in [-0.2, -0.15) is 0 Å². The van der Waals surface area contributed by atoms with Gasteiger partial charge in [0, 0.05) is 23.6 Å². The van der Waals surface area contributed by atoms with Crippen molar-refractivity contribution in [3.8, 4) is 0 Å². The van der Waals surface area contributed by atoms with Crippen molar-refractivity contribution in [1.82, 2.24) is 19.9 Å². The Morgan fingerprint density at radius 3 is 2.54 bits per heavy atom. The smallest absolute Gasteiger partial charge is 0.225 e. The van der Waals surface area contributed by atoms with Crippen molar-refractivity contribution >= 4 is 17.5 Å². The van der Waals surface area contributed by atoms with E-state index in [2.05, 4.69) is 30.2 Å². The molecule has 3 aromatic rings. The molecule has 0 bridgehead atoms. The molecule has 28 heavy (non-hydrogen) atoms. The summed E-state index contributed by atoms with van der Waals surface area (Å²) in [4.78, 5) is 20.4. The molecular formula is C21H24N6O. The van der Waals surface area contributed by atoms with Crippen molar-refractivity contribution in [2.45, 2.75) is 26.9 Å². The maximum Gasteiger partial charge on any atom is 0.225 e. The second-order valence-electron chi connectivity index (χ2n) is 7.02. The molecule has 0 aromatic carbocycles. The highest BCUT2D eigenvalue weighted by atomic mass is 16.5.